The van der Waals surface area contributed by atoms with Crippen LogP contribution in [0.1, 0.15) is 12.0 Å². The van der Waals surface area contributed by atoms with Gasteiger partial charge >= 0.3 is 5.97 Å². The van der Waals surface area contributed by atoms with E-state index >= 15 is 0 Å². The molecule has 0 atom stereocenters. The molecule has 0 aromatic heterocycles. The average Bonchev–Trinajstić information content (AvgIpc) is 2.50. The Morgan fingerprint density at radius 1 is 1.29 bits per heavy atom. The first kappa shape index (κ1) is 16.9. The Labute approximate surface area is 121 Å². The second-order valence-electron chi connectivity index (χ2n) is 4.18. The fourth-order valence-electron chi connectivity index (χ4n) is 1.75. The molecule has 21 heavy (non-hydrogen) atoms. The molecule has 0 amide bonds. The summed E-state index contributed by atoms with van der Waals surface area (Å²) >= 11 is 0. The van der Waals surface area contributed by atoms with E-state index in [1.165, 1.54) is 31.3 Å². The van der Waals surface area contributed by atoms with Crippen LogP contribution in [0.25, 0.3) is 0 Å². The van der Waals surface area contributed by atoms with Crippen molar-refractivity contribution in [1.29, 1.82) is 5.26 Å². The molecule has 0 aliphatic carbocycles. The molecule has 0 saturated carbocycles. The Bertz CT molecular complexity index is 544. The largest absolute Gasteiger partial charge is 0.469 e. The molecule has 1 aromatic carbocycles. The van der Waals surface area contributed by atoms with E-state index in [9.17, 15) is 13.6 Å². The van der Waals surface area contributed by atoms with Gasteiger partial charge in [0, 0.05) is 20.2 Å². The standard InChI is InChI=1S/C14H16F2N2O3/c1-20-8-7-18(6-5-12(19)21-2)11-4-3-10(9-17)13(15)14(11)16/h3-4H,5-8H2,1-2H3. The zero-order chi connectivity index (χ0) is 15.8. The number of nitrogens with zero attached hydrogens (tertiary/aromatic N) is 2. The Balaban J connectivity index is 3.00. The summed E-state index contributed by atoms with van der Waals surface area (Å²) in [5.41, 5.74) is -0.386. The first-order valence-electron chi connectivity index (χ1n) is 6.24. The zero-order valence-electron chi connectivity index (χ0n) is 11.9. The van der Waals surface area contributed by atoms with Gasteiger partial charge in [-0.3, -0.25) is 4.79 Å². The van der Waals surface area contributed by atoms with Crippen LogP contribution in [-0.4, -0.2) is 39.9 Å². The molecule has 0 saturated heterocycles. The number of ether oxygens (including phenoxy) is 2. The van der Waals surface area contributed by atoms with Crippen molar-refractivity contribution in [2.24, 2.45) is 0 Å². The smallest absolute Gasteiger partial charge is 0.307 e. The number of rotatable bonds is 7. The predicted molar refractivity (Wildman–Crippen MR) is 71.8 cm³/mol. The van der Waals surface area contributed by atoms with Crippen LogP contribution in [0, 0.1) is 23.0 Å². The molecule has 0 N–H and O–H groups in total. The van der Waals surface area contributed by atoms with Crippen LogP contribution in [0.2, 0.25) is 0 Å². The van der Waals surface area contributed by atoms with Crippen molar-refractivity contribution < 1.29 is 23.0 Å². The lowest BCUT2D eigenvalue weighted by Crippen LogP contribution is -2.31. The molecule has 0 unspecified atom stereocenters. The minimum atomic E-state index is -1.20. The van der Waals surface area contributed by atoms with Crippen LogP contribution in [0.4, 0.5) is 14.5 Å². The van der Waals surface area contributed by atoms with Gasteiger partial charge in [-0.25, -0.2) is 8.78 Å². The maximum Gasteiger partial charge on any atom is 0.307 e. The van der Waals surface area contributed by atoms with Crippen LogP contribution < -0.4 is 4.90 Å². The summed E-state index contributed by atoms with van der Waals surface area (Å²) in [5, 5.41) is 8.67. The van der Waals surface area contributed by atoms with Crippen molar-refractivity contribution >= 4 is 11.7 Å². The molecule has 0 aliphatic heterocycles. The molecule has 0 heterocycles. The Morgan fingerprint density at radius 2 is 2.00 bits per heavy atom. The molecule has 7 heteroatoms. The molecule has 0 fully saturated rings. The molecule has 0 aliphatic rings. The molecular weight excluding hydrogens is 282 g/mol. The van der Waals surface area contributed by atoms with Crippen molar-refractivity contribution in [3.05, 3.63) is 29.3 Å². The molecule has 114 valence electrons. The van der Waals surface area contributed by atoms with E-state index in [-0.39, 0.29) is 37.4 Å². The van der Waals surface area contributed by atoms with Crippen molar-refractivity contribution in [2.45, 2.75) is 6.42 Å². The van der Waals surface area contributed by atoms with Crippen molar-refractivity contribution in [2.75, 3.05) is 38.8 Å². The van der Waals surface area contributed by atoms with Gasteiger partial charge in [0.2, 0.25) is 0 Å². The first-order chi connectivity index (χ1) is 10.0. The van der Waals surface area contributed by atoms with Crippen molar-refractivity contribution in [3.63, 3.8) is 0 Å². The minimum absolute atomic E-state index is 0.0209. The predicted octanol–water partition coefficient (Wildman–Crippen LogP) is 1.85. The maximum atomic E-state index is 14.0. The van der Waals surface area contributed by atoms with Gasteiger partial charge < -0.3 is 14.4 Å². The van der Waals surface area contributed by atoms with Crippen LogP contribution >= 0.6 is 0 Å². The Morgan fingerprint density at radius 3 is 2.57 bits per heavy atom. The van der Waals surface area contributed by atoms with Crippen LogP contribution in [0.3, 0.4) is 0 Å². The van der Waals surface area contributed by atoms with E-state index < -0.39 is 17.6 Å². The molecule has 1 aromatic rings. The zero-order valence-corrected chi connectivity index (χ0v) is 11.9. The third-order valence-corrected chi connectivity index (χ3v) is 2.90. The minimum Gasteiger partial charge on any atom is -0.469 e. The van der Waals surface area contributed by atoms with Crippen LogP contribution in [0.15, 0.2) is 12.1 Å². The summed E-state index contributed by atoms with van der Waals surface area (Å²) in [6, 6.07) is 4.08. The second-order valence-corrected chi connectivity index (χ2v) is 4.18. The number of hydrogen-bond donors (Lipinski definition) is 0. The molecule has 0 bridgehead atoms. The lowest BCUT2D eigenvalue weighted by molar-refractivity contribution is -0.140. The Hall–Kier alpha value is -2.20. The summed E-state index contributed by atoms with van der Waals surface area (Å²) in [5.74, 6) is -2.77. The summed E-state index contributed by atoms with van der Waals surface area (Å²) in [7, 11) is 2.73. The molecule has 0 radical (unpaired) electrons. The molecular formula is C14H16F2N2O3. The summed E-state index contributed by atoms with van der Waals surface area (Å²) in [4.78, 5) is 12.7. The average molecular weight is 298 g/mol. The van der Waals surface area contributed by atoms with E-state index in [0.29, 0.717) is 0 Å². The van der Waals surface area contributed by atoms with Crippen molar-refractivity contribution in [1.82, 2.24) is 0 Å². The SMILES string of the molecule is COCCN(CCC(=O)OC)c1ccc(C#N)c(F)c1F. The molecule has 0 spiro atoms. The van der Waals surface area contributed by atoms with Gasteiger partial charge in [0.05, 0.1) is 31.4 Å². The highest BCUT2D eigenvalue weighted by molar-refractivity contribution is 5.70. The highest BCUT2D eigenvalue weighted by Crippen LogP contribution is 2.24. The van der Waals surface area contributed by atoms with Gasteiger partial charge in [0.25, 0.3) is 0 Å². The third-order valence-electron chi connectivity index (χ3n) is 2.90. The number of benzene rings is 1. The molecule has 1 rings (SSSR count). The van der Waals surface area contributed by atoms with E-state index in [1.54, 1.807) is 6.07 Å². The van der Waals surface area contributed by atoms with E-state index in [4.69, 9.17) is 10.00 Å². The van der Waals surface area contributed by atoms with Gasteiger partial charge in [-0.15, -0.1) is 0 Å². The maximum absolute atomic E-state index is 14.0. The van der Waals surface area contributed by atoms with Crippen LogP contribution in [-0.2, 0) is 14.3 Å². The first-order valence-corrected chi connectivity index (χ1v) is 6.24. The monoisotopic (exact) mass is 298 g/mol. The van der Waals surface area contributed by atoms with Gasteiger partial charge in [-0.05, 0) is 12.1 Å². The van der Waals surface area contributed by atoms with Gasteiger partial charge in [0.15, 0.2) is 11.6 Å². The quantitative estimate of drug-likeness (QED) is 0.719. The number of anilines is 1. The number of esters is 1. The lowest BCUT2D eigenvalue weighted by Gasteiger charge is -2.24. The third kappa shape index (κ3) is 4.39. The van der Waals surface area contributed by atoms with E-state index in [0.717, 1.165) is 0 Å². The van der Waals surface area contributed by atoms with Crippen LogP contribution in [0.5, 0.6) is 0 Å². The van der Waals surface area contributed by atoms with Gasteiger partial charge in [-0.1, -0.05) is 0 Å². The fourth-order valence-corrected chi connectivity index (χ4v) is 1.75. The number of carbonyl (C=O) groups is 1. The lowest BCUT2D eigenvalue weighted by atomic mass is 10.1. The number of methoxy groups -OCH3 is 2. The number of hydrogen-bond acceptors (Lipinski definition) is 5. The topological polar surface area (TPSA) is 62.6 Å². The van der Waals surface area contributed by atoms with Gasteiger partial charge in [-0.2, -0.15) is 5.26 Å². The number of carbonyl (C=O) groups excluding carboxylic acids is 1. The van der Waals surface area contributed by atoms with Gasteiger partial charge in [0.1, 0.15) is 6.07 Å². The highest BCUT2D eigenvalue weighted by atomic mass is 19.2. The Kier molecular flexibility index (Phi) is 6.56. The van der Waals surface area contributed by atoms with E-state index in [1.807, 2.05) is 0 Å². The second kappa shape index (κ2) is 8.17. The fraction of sp³-hybridized carbons (Fsp3) is 0.429. The summed E-state index contributed by atoms with van der Waals surface area (Å²) in [6.45, 7) is 0.705. The van der Waals surface area contributed by atoms with Crippen molar-refractivity contribution in [3.8, 4) is 6.07 Å². The normalized spacial score (nSPS) is 10.0. The molecule has 5 nitrogen and oxygen atoms in total. The number of halogens is 2. The summed E-state index contributed by atoms with van der Waals surface area (Å²) < 4.78 is 37.1. The van der Waals surface area contributed by atoms with E-state index in [2.05, 4.69) is 4.74 Å². The number of nitriles is 1. The summed E-state index contributed by atoms with van der Waals surface area (Å²) in [6.07, 6.45) is 0.0290. The highest BCUT2D eigenvalue weighted by Gasteiger charge is 2.19.